The number of hydrogen-bond donors (Lipinski definition) is 1. The molecule has 0 atom stereocenters. The molecule has 0 aliphatic rings. The molecule has 1 heterocycles. The van der Waals surface area contributed by atoms with E-state index in [1.165, 1.54) is 6.20 Å². The Labute approximate surface area is 117 Å². The van der Waals surface area contributed by atoms with E-state index in [1.54, 1.807) is 4.68 Å². The Hall–Kier alpha value is -2.30. The van der Waals surface area contributed by atoms with Gasteiger partial charge in [0.2, 0.25) is 0 Å². The van der Waals surface area contributed by atoms with Crippen LogP contribution in [0.5, 0.6) is 5.75 Å². The van der Waals surface area contributed by atoms with E-state index in [1.807, 2.05) is 45.0 Å². The zero-order valence-electron chi connectivity index (χ0n) is 11.8. The first-order valence-corrected chi connectivity index (χ1v) is 6.60. The summed E-state index contributed by atoms with van der Waals surface area (Å²) in [6.07, 6.45) is 2.00. The molecule has 0 aliphatic heterocycles. The number of aromatic nitrogens is 2. The molecule has 2 rings (SSSR count). The van der Waals surface area contributed by atoms with Crippen molar-refractivity contribution in [2.45, 2.75) is 33.3 Å². The first-order chi connectivity index (χ1) is 9.54. The Morgan fingerprint density at radius 3 is 2.70 bits per heavy atom. The van der Waals surface area contributed by atoms with E-state index >= 15 is 0 Å². The van der Waals surface area contributed by atoms with E-state index in [0.29, 0.717) is 17.9 Å². The molecule has 1 N–H and O–H groups in total. The zero-order chi connectivity index (χ0) is 14.7. The second-order valence-corrected chi connectivity index (χ2v) is 4.71. The summed E-state index contributed by atoms with van der Waals surface area (Å²) in [5, 5.41) is 13.4. The molecule has 0 amide bonds. The maximum absolute atomic E-state index is 11.2. The van der Waals surface area contributed by atoms with Crippen LogP contribution in [0.15, 0.2) is 30.5 Å². The summed E-state index contributed by atoms with van der Waals surface area (Å²) in [6, 6.07) is 7.49. The molecule has 0 saturated carbocycles. The molecule has 20 heavy (non-hydrogen) atoms. The molecule has 106 valence electrons. The molecule has 0 bridgehead atoms. The molecular weight excluding hydrogens is 256 g/mol. The average molecular weight is 274 g/mol. The summed E-state index contributed by atoms with van der Waals surface area (Å²) < 4.78 is 7.40. The smallest absolute Gasteiger partial charge is 0.339 e. The molecule has 0 aliphatic carbocycles. The molecule has 1 aromatic heterocycles. The molecule has 0 unspecified atom stereocenters. The van der Waals surface area contributed by atoms with Gasteiger partial charge in [0.05, 0.1) is 18.0 Å². The first-order valence-electron chi connectivity index (χ1n) is 6.60. The van der Waals surface area contributed by atoms with Crippen molar-refractivity contribution in [2.24, 2.45) is 0 Å². The maximum atomic E-state index is 11.2. The predicted molar refractivity (Wildman–Crippen MR) is 75.7 cm³/mol. The number of carboxylic acids is 1. The van der Waals surface area contributed by atoms with Gasteiger partial charge in [0.25, 0.3) is 0 Å². The van der Waals surface area contributed by atoms with Crippen LogP contribution in [0.3, 0.4) is 0 Å². The van der Waals surface area contributed by atoms with Crippen molar-refractivity contribution in [1.29, 1.82) is 0 Å². The maximum Gasteiger partial charge on any atom is 0.339 e. The lowest BCUT2D eigenvalue weighted by Gasteiger charge is -2.15. The van der Waals surface area contributed by atoms with Gasteiger partial charge in [-0.05, 0) is 32.4 Å². The van der Waals surface area contributed by atoms with E-state index < -0.39 is 5.97 Å². The van der Waals surface area contributed by atoms with Crippen LogP contribution in [0.25, 0.3) is 5.69 Å². The Morgan fingerprint density at radius 2 is 2.10 bits per heavy atom. The van der Waals surface area contributed by atoms with Crippen LogP contribution in [-0.4, -0.2) is 27.0 Å². The minimum Gasteiger partial charge on any atom is -0.489 e. The minimum atomic E-state index is -0.963. The lowest BCUT2D eigenvalue weighted by Crippen LogP contribution is -2.11. The zero-order valence-corrected chi connectivity index (χ0v) is 11.8. The van der Waals surface area contributed by atoms with Crippen LogP contribution in [-0.2, 0) is 6.42 Å². The average Bonchev–Trinajstić information content (AvgIpc) is 2.82. The van der Waals surface area contributed by atoms with Gasteiger partial charge in [-0.15, -0.1) is 0 Å². The van der Waals surface area contributed by atoms with Gasteiger partial charge in [-0.1, -0.05) is 19.1 Å². The van der Waals surface area contributed by atoms with Gasteiger partial charge >= 0.3 is 5.97 Å². The number of ether oxygens (including phenoxy) is 1. The topological polar surface area (TPSA) is 64.3 Å². The molecule has 0 saturated heterocycles. The SMILES string of the molecule is CCc1c(C(=O)O)cnn1-c1ccccc1OC(C)C. The Bertz CT molecular complexity index is 617. The summed E-state index contributed by atoms with van der Waals surface area (Å²) in [4.78, 5) is 11.2. The molecule has 2 aromatic rings. The summed E-state index contributed by atoms with van der Waals surface area (Å²) >= 11 is 0. The van der Waals surface area contributed by atoms with Crippen molar-refractivity contribution in [3.63, 3.8) is 0 Å². The molecule has 0 spiro atoms. The van der Waals surface area contributed by atoms with Crippen LogP contribution in [0.4, 0.5) is 0 Å². The fourth-order valence-electron chi connectivity index (χ4n) is 2.09. The standard InChI is InChI=1S/C15H18N2O3/c1-4-12-11(15(18)19)9-16-17(12)13-7-5-6-8-14(13)20-10(2)3/h5-10H,4H2,1-3H3,(H,18,19). The molecular formula is C15H18N2O3. The number of aromatic carboxylic acids is 1. The van der Waals surface area contributed by atoms with Crippen molar-refractivity contribution < 1.29 is 14.6 Å². The summed E-state index contributed by atoms with van der Waals surface area (Å²) in [5.41, 5.74) is 1.65. The highest BCUT2D eigenvalue weighted by molar-refractivity contribution is 5.88. The number of hydrogen-bond acceptors (Lipinski definition) is 3. The second-order valence-electron chi connectivity index (χ2n) is 4.71. The highest BCUT2D eigenvalue weighted by atomic mass is 16.5. The van der Waals surface area contributed by atoms with E-state index in [0.717, 1.165) is 5.69 Å². The number of carboxylic acid groups (broad SMARTS) is 1. The van der Waals surface area contributed by atoms with Gasteiger partial charge in [-0.3, -0.25) is 0 Å². The third kappa shape index (κ3) is 2.66. The highest BCUT2D eigenvalue weighted by Gasteiger charge is 2.18. The van der Waals surface area contributed by atoms with E-state index in [4.69, 9.17) is 4.74 Å². The van der Waals surface area contributed by atoms with Crippen LogP contribution in [0.1, 0.15) is 36.8 Å². The van der Waals surface area contributed by atoms with Gasteiger partial charge in [0, 0.05) is 0 Å². The summed E-state index contributed by atoms with van der Waals surface area (Å²) in [5.74, 6) is -0.271. The Morgan fingerprint density at radius 1 is 1.40 bits per heavy atom. The molecule has 5 nitrogen and oxygen atoms in total. The van der Waals surface area contributed by atoms with Crippen molar-refractivity contribution in [3.8, 4) is 11.4 Å². The third-order valence-corrected chi connectivity index (χ3v) is 2.89. The lowest BCUT2D eigenvalue weighted by molar-refractivity contribution is 0.0695. The van der Waals surface area contributed by atoms with Crippen molar-refractivity contribution in [2.75, 3.05) is 0 Å². The minimum absolute atomic E-state index is 0.0377. The van der Waals surface area contributed by atoms with Crippen LogP contribution < -0.4 is 4.74 Å². The monoisotopic (exact) mass is 274 g/mol. The number of benzene rings is 1. The highest BCUT2D eigenvalue weighted by Crippen LogP contribution is 2.25. The number of carbonyl (C=O) groups is 1. The van der Waals surface area contributed by atoms with Crippen molar-refractivity contribution >= 4 is 5.97 Å². The van der Waals surface area contributed by atoms with E-state index in [2.05, 4.69) is 5.10 Å². The van der Waals surface area contributed by atoms with Gasteiger partial charge in [0.15, 0.2) is 0 Å². The van der Waals surface area contributed by atoms with Gasteiger partial charge in [-0.2, -0.15) is 5.10 Å². The Kier molecular flexibility index (Phi) is 4.08. The number of rotatable bonds is 5. The van der Waals surface area contributed by atoms with Crippen LogP contribution in [0, 0.1) is 0 Å². The summed E-state index contributed by atoms with van der Waals surface area (Å²) in [7, 11) is 0. The quantitative estimate of drug-likeness (QED) is 0.910. The number of nitrogens with zero attached hydrogens (tertiary/aromatic N) is 2. The molecule has 0 radical (unpaired) electrons. The fourth-order valence-corrected chi connectivity index (χ4v) is 2.09. The van der Waals surface area contributed by atoms with Gasteiger partial charge in [0.1, 0.15) is 17.0 Å². The van der Waals surface area contributed by atoms with E-state index in [-0.39, 0.29) is 11.7 Å². The molecule has 1 aromatic carbocycles. The van der Waals surface area contributed by atoms with Crippen LogP contribution >= 0.6 is 0 Å². The van der Waals surface area contributed by atoms with E-state index in [9.17, 15) is 9.90 Å². The normalized spacial score (nSPS) is 10.8. The molecule has 5 heteroatoms. The first kappa shape index (κ1) is 14.1. The lowest BCUT2D eigenvalue weighted by atomic mass is 10.2. The van der Waals surface area contributed by atoms with Gasteiger partial charge < -0.3 is 9.84 Å². The molecule has 0 fully saturated rings. The van der Waals surface area contributed by atoms with Crippen molar-refractivity contribution in [1.82, 2.24) is 9.78 Å². The number of para-hydroxylation sites is 2. The van der Waals surface area contributed by atoms with Gasteiger partial charge in [-0.25, -0.2) is 9.48 Å². The third-order valence-electron chi connectivity index (χ3n) is 2.89. The Balaban J connectivity index is 2.54. The second kappa shape index (κ2) is 5.77. The largest absolute Gasteiger partial charge is 0.489 e. The van der Waals surface area contributed by atoms with Crippen molar-refractivity contribution in [3.05, 3.63) is 41.7 Å². The van der Waals surface area contributed by atoms with Crippen LogP contribution in [0.2, 0.25) is 0 Å². The predicted octanol–water partition coefficient (Wildman–Crippen LogP) is 2.92. The fraction of sp³-hybridized carbons (Fsp3) is 0.333. The summed E-state index contributed by atoms with van der Waals surface area (Å²) in [6.45, 7) is 5.80.